The van der Waals surface area contributed by atoms with Gasteiger partial charge in [-0.05, 0) is 36.4 Å². The monoisotopic (exact) mass is 167 g/mol. The summed E-state index contributed by atoms with van der Waals surface area (Å²) in [4.78, 5) is 0. The van der Waals surface area contributed by atoms with E-state index in [1.807, 2.05) is 23.9 Å². The molecule has 1 rings (SSSR count). The van der Waals surface area contributed by atoms with Gasteiger partial charge < -0.3 is 5.73 Å². The van der Waals surface area contributed by atoms with Gasteiger partial charge in [0.05, 0.1) is 0 Å². The van der Waals surface area contributed by atoms with Crippen LogP contribution < -0.4 is 5.73 Å². The third-order valence-electron chi connectivity index (χ3n) is 1.67. The van der Waals surface area contributed by atoms with Crippen LogP contribution in [-0.2, 0) is 5.75 Å². The molecule has 2 heteroatoms. The summed E-state index contributed by atoms with van der Waals surface area (Å²) in [5.41, 5.74) is 9.14. The maximum absolute atomic E-state index is 5.62. The van der Waals surface area contributed by atoms with Crippen LogP contribution in [0.2, 0.25) is 0 Å². The molecule has 0 saturated carbocycles. The van der Waals surface area contributed by atoms with Gasteiger partial charge in [-0.25, -0.2) is 0 Å². The lowest BCUT2D eigenvalue weighted by molar-refractivity contribution is 1.31. The lowest BCUT2D eigenvalue weighted by Crippen LogP contribution is -1.89. The predicted molar refractivity (Wildman–Crippen MR) is 52.8 cm³/mol. The van der Waals surface area contributed by atoms with E-state index in [-0.39, 0.29) is 0 Å². The van der Waals surface area contributed by atoms with Crippen molar-refractivity contribution in [2.24, 2.45) is 0 Å². The van der Waals surface area contributed by atoms with Crippen molar-refractivity contribution in [2.75, 3.05) is 12.0 Å². The topological polar surface area (TPSA) is 26.0 Å². The van der Waals surface area contributed by atoms with Crippen LogP contribution in [0.5, 0.6) is 0 Å². The van der Waals surface area contributed by atoms with Crippen molar-refractivity contribution >= 4 is 17.4 Å². The average Bonchev–Trinajstić information content (AvgIpc) is 1.95. The van der Waals surface area contributed by atoms with Crippen LogP contribution in [0.1, 0.15) is 11.1 Å². The van der Waals surface area contributed by atoms with Crippen molar-refractivity contribution in [2.45, 2.75) is 12.7 Å². The second-order valence-electron chi connectivity index (χ2n) is 2.62. The number of benzene rings is 1. The predicted octanol–water partition coefficient (Wildman–Crippen LogP) is 2.44. The Hall–Kier alpha value is -0.630. The molecular weight excluding hydrogens is 154 g/mol. The number of aryl methyl sites for hydroxylation is 1. The molecule has 0 aliphatic rings. The van der Waals surface area contributed by atoms with Crippen molar-refractivity contribution in [3.8, 4) is 0 Å². The summed E-state index contributed by atoms with van der Waals surface area (Å²) in [6.07, 6.45) is 2.11. The lowest BCUT2D eigenvalue weighted by atomic mass is 10.1. The molecule has 2 N–H and O–H groups in total. The number of thioether (sulfide) groups is 1. The third-order valence-corrected chi connectivity index (χ3v) is 2.27. The summed E-state index contributed by atoms with van der Waals surface area (Å²) >= 11 is 1.83. The van der Waals surface area contributed by atoms with Crippen molar-refractivity contribution in [1.29, 1.82) is 0 Å². The summed E-state index contributed by atoms with van der Waals surface area (Å²) in [5, 5.41) is 0. The zero-order valence-corrected chi connectivity index (χ0v) is 7.74. The number of anilines is 1. The molecule has 1 aromatic carbocycles. The van der Waals surface area contributed by atoms with Gasteiger partial charge in [0.25, 0.3) is 0 Å². The van der Waals surface area contributed by atoms with E-state index in [1.165, 1.54) is 11.1 Å². The second kappa shape index (κ2) is 3.67. The summed E-state index contributed by atoms with van der Waals surface area (Å²) < 4.78 is 0. The van der Waals surface area contributed by atoms with E-state index in [1.54, 1.807) is 0 Å². The molecule has 11 heavy (non-hydrogen) atoms. The van der Waals surface area contributed by atoms with E-state index >= 15 is 0 Å². The van der Waals surface area contributed by atoms with Gasteiger partial charge in [-0.1, -0.05) is 6.07 Å². The molecule has 0 radical (unpaired) electrons. The first kappa shape index (κ1) is 8.47. The SMILES string of the molecule is CSCc1ccc(N)cc1C. The van der Waals surface area contributed by atoms with Gasteiger partial charge in [-0.3, -0.25) is 0 Å². The normalized spacial score (nSPS) is 10.0. The zero-order valence-electron chi connectivity index (χ0n) is 6.92. The molecule has 1 nitrogen and oxygen atoms in total. The van der Waals surface area contributed by atoms with Crippen molar-refractivity contribution in [1.82, 2.24) is 0 Å². The van der Waals surface area contributed by atoms with Crippen molar-refractivity contribution < 1.29 is 0 Å². The van der Waals surface area contributed by atoms with Gasteiger partial charge in [0.2, 0.25) is 0 Å². The molecule has 0 heterocycles. The minimum Gasteiger partial charge on any atom is -0.399 e. The van der Waals surface area contributed by atoms with Crippen LogP contribution in [0, 0.1) is 6.92 Å². The molecule has 0 aliphatic heterocycles. The molecule has 0 spiro atoms. The van der Waals surface area contributed by atoms with Crippen molar-refractivity contribution in [3.63, 3.8) is 0 Å². The fourth-order valence-electron chi connectivity index (χ4n) is 1.04. The molecular formula is C9H13NS. The maximum atomic E-state index is 5.62. The molecule has 1 aromatic rings. The Bertz CT molecular complexity index is 245. The van der Waals surface area contributed by atoms with Gasteiger partial charge in [-0.15, -0.1) is 0 Å². The molecule has 0 fully saturated rings. The van der Waals surface area contributed by atoms with E-state index in [4.69, 9.17) is 5.73 Å². The van der Waals surface area contributed by atoms with Crippen LogP contribution in [0.3, 0.4) is 0 Å². The summed E-state index contributed by atoms with van der Waals surface area (Å²) in [5.74, 6) is 1.08. The number of hydrogen-bond donors (Lipinski definition) is 1. The largest absolute Gasteiger partial charge is 0.399 e. The Kier molecular flexibility index (Phi) is 2.83. The van der Waals surface area contributed by atoms with Gasteiger partial charge in [0.15, 0.2) is 0 Å². The Morgan fingerprint density at radius 3 is 2.73 bits per heavy atom. The molecule has 0 amide bonds. The second-order valence-corrected chi connectivity index (χ2v) is 3.48. The first-order valence-electron chi connectivity index (χ1n) is 3.58. The number of hydrogen-bond acceptors (Lipinski definition) is 2. The highest BCUT2D eigenvalue weighted by Gasteiger charge is 1.96. The van der Waals surface area contributed by atoms with Crippen molar-refractivity contribution in [3.05, 3.63) is 29.3 Å². The van der Waals surface area contributed by atoms with Crippen LogP contribution in [0.25, 0.3) is 0 Å². The van der Waals surface area contributed by atoms with E-state index in [2.05, 4.69) is 19.2 Å². The zero-order chi connectivity index (χ0) is 8.27. The highest BCUT2D eigenvalue weighted by Crippen LogP contribution is 2.16. The summed E-state index contributed by atoms with van der Waals surface area (Å²) in [6, 6.07) is 6.07. The standard InChI is InChI=1S/C9H13NS/c1-7-5-9(10)4-3-8(7)6-11-2/h3-5H,6,10H2,1-2H3. The van der Waals surface area contributed by atoms with Gasteiger partial charge in [0, 0.05) is 11.4 Å². The Labute approximate surface area is 72.0 Å². The van der Waals surface area contributed by atoms with Gasteiger partial charge in [-0.2, -0.15) is 11.8 Å². The summed E-state index contributed by atoms with van der Waals surface area (Å²) in [7, 11) is 0. The minimum atomic E-state index is 0.854. The Morgan fingerprint density at radius 1 is 1.45 bits per heavy atom. The highest BCUT2D eigenvalue weighted by molar-refractivity contribution is 7.97. The molecule has 0 atom stereocenters. The smallest absolute Gasteiger partial charge is 0.0316 e. The molecule has 60 valence electrons. The quantitative estimate of drug-likeness (QED) is 0.685. The fourth-order valence-corrected chi connectivity index (χ4v) is 1.67. The molecule has 0 aromatic heterocycles. The maximum Gasteiger partial charge on any atom is 0.0316 e. The highest BCUT2D eigenvalue weighted by atomic mass is 32.2. The van der Waals surface area contributed by atoms with E-state index in [0.717, 1.165) is 11.4 Å². The third kappa shape index (κ3) is 2.15. The fraction of sp³-hybridized carbons (Fsp3) is 0.333. The van der Waals surface area contributed by atoms with Gasteiger partial charge in [0.1, 0.15) is 0 Å². The molecule has 0 unspecified atom stereocenters. The molecule has 0 bridgehead atoms. The van der Waals surface area contributed by atoms with Crippen LogP contribution >= 0.6 is 11.8 Å². The molecule has 0 aliphatic carbocycles. The lowest BCUT2D eigenvalue weighted by Gasteiger charge is -2.03. The first-order chi connectivity index (χ1) is 5.24. The molecule has 0 saturated heterocycles. The number of nitrogens with two attached hydrogens (primary N) is 1. The summed E-state index contributed by atoms with van der Waals surface area (Å²) in [6.45, 7) is 2.10. The Balaban J connectivity index is 2.90. The average molecular weight is 167 g/mol. The first-order valence-corrected chi connectivity index (χ1v) is 4.97. The number of nitrogen functional groups attached to an aromatic ring is 1. The van der Waals surface area contributed by atoms with E-state index < -0.39 is 0 Å². The van der Waals surface area contributed by atoms with Crippen LogP contribution in [0.15, 0.2) is 18.2 Å². The number of rotatable bonds is 2. The Morgan fingerprint density at radius 2 is 2.18 bits per heavy atom. The van der Waals surface area contributed by atoms with Crippen LogP contribution in [-0.4, -0.2) is 6.26 Å². The van der Waals surface area contributed by atoms with E-state index in [9.17, 15) is 0 Å². The van der Waals surface area contributed by atoms with Gasteiger partial charge >= 0.3 is 0 Å². The van der Waals surface area contributed by atoms with E-state index in [0.29, 0.717) is 0 Å². The minimum absolute atomic E-state index is 0.854. The van der Waals surface area contributed by atoms with Crippen LogP contribution in [0.4, 0.5) is 5.69 Å².